The van der Waals surface area contributed by atoms with Gasteiger partial charge in [0.15, 0.2) is 0 Å². The van der Waals surface area contributed by atoms with Crippen molar-refractivity contribution in [3.63, 3.8) is 0 Å². The summed E-state index contributed by atoms with van der Waals surface area (Å²) < 4.78 is 0.714. The minimum Gasteiger partial charge on any atom is -0.337 e. The molecule has 1 aromatic rings. The van der Waals surface area contributed by atoms with Gasteiger partial charge < -0.3 is 4.90 Å². The standard InChI is InChI=1S/C16H23BrN2O/c1-16(2,3)12-6-5-10-19(11-9-12)15(20)13-7-4-8-14(17)18-13/h4,7-8,12H,5-6,9-11H2,1-3H3. The van der Waals surface area contributed by atoms with Crippen molar-refractivity contribution in [3.8, 4) is 0 Å². The molecule has 0 N–H and O–H groups in total. The zero-order valence-corrected chi connectivity index (χ0v) is 14.1. The summed E-state index contributed by atoms with van der Waals surface area (Å²) in [5.41, 5.74) is 0.862. The Bertz CT molecular complexity index is 482. The number of pyridine rings is 1. The smallest absolute Gasteiger partial charge is 0.272 e. The number of hydrogen-bond acceptors (Lipinski definition) is 2. The number of halogens is 1. The molecule has 1 fully saturated rings. The van der Waals surface area contributed by atoms with Gasteiger partial charge in [-0.1, -0.05) is 26.8 Å². The second kappa shape index (κ2) is 6.25. The predicted octanol–water partition coefficient (Wildman–Crippen LogP) is 4.13. The van der Waals surface area contributed by atoms with E-state index in [1.54, 1.807) is 6.07 Å². The predicted molar refractivity (Wildman–Crippen MR) is 84.6 cm³/mol. The van der Waals surface area contributed by atoms with Gasteiger partial charge in [-0.15, -0.1) is 0 Å². The molecule has 1 aromatic heterocycles. The van der Waals surface area contributed by atoms with E-state index in [2.05, 4.69) is 41.7 Å². The highest BCUT2D eigenvalue weighted by Crippen LogP contribution is 2.34. The summed E-state index contributed by atoms with van der Waals surface area (Å²) in [6, 6.07) is 5.49. The summed E-state index contributed by atoms with van der Waals surface area (Å²) in [6.07, 6.45) is 3.38. The van der Waals surface area contributed by atoms with Gasteiger partial charge >= 0.3 is 0 Å². The third-order valence-electron chi connectivity index (χ3n) is 4.17. The van der Waals surface area contributed by atoms with Crippen molar-refractivity contribution >= 4 is 21.8 Å². The van der Waals surface area contributed by atoms with Crippen LogP contribution in [0.4, 0.5) is 0 Å². The van der Waals surface area contributed by atoms with Gasteiger partial charge in [-0.3, -0.25) is 4.79 Å². The van der Waals surface area contributed by atoms with Crippen molar-refractivity contribution in [1.82, 2.24) is 9.88 Å². The van der Waals surface area contributed by atoms with Crippen LogP contribution >= 0.6 is 15.9 Å². The van der Waals surface area contributed by atoms with E-state index in [1.807, 2.05) is 17.0 Å². The average molecular weight is 339 g/mol. The summed E-state index contributed by atoms with van der Waals surface area (Å²) in [7, 11) is 0. The lowest BCUT2D eigenvalue weighted by Crippen LogP contribution is -2.33. The van der Waals surface area contributed by atoms with E-state index in [0.29, 0.717) is 21.6 Å². The Hall–Kier alpha value is -0.900. The van der Waals surface area contributed by atoms with Crippen LogP contribution in [0.15, 0.2) is 22.8 Å². The lowest BCUT2D eigenvalue weighted by atomic mass is 9.77. The minimum atomic E-state index is 0.0564. The van der Waals surface area contributed by atoms with Crippen LogP contribution in [0.2, 0.25) is 0 Å². The van der Waals surface area contributed by atoms with Crippen molar-refractivity contribution in [2.24, 2.45) is 11.3 Å². The third-order valence-corrected chi connectivity index (χ3v) is 4.62. The average Bonchev–Trinajstić information content (AvgIpc) is 2.63. The third kappa shape index (κ3) is 3.81. The molecule has 1 unspecified atom stereocenters. The summed E-state index contributed by atoms with van der Waals surface area (Å²) in [5.74, 6) is 0.747. The number of rotatable bonds is 1. The van der Waals surface area contributed by atoms with E-state index in [-0.39, 0.29) is 5.91 Å². The highest BCUT2D eigenvalue weighted by atomic mass is 79.9. The monoisotopic (exact) mass is 338 g/mol. The summed E-state index contributed by atoms with van der Waals surface area (Å²) in [5, 5.41) is 0. The first-order valence-electron chi connectivity index (χ1n) is 7.30. The van der Waals surface area contributed by atoms with E-state index in [1.165, 1.54) is 6.42 Å². The highest BCUT2D eigenvalue weighted by molar-refractivity contribution is 9.10. The fourth-order valence-corrected chi connectivity index (χ4v) is 3.20. The Balaban J connectivity index is 2.05. The first kappa shape index (κ1) is 15.5. The van der Waals surface area contributed by atoms with E-state index in [4.69, 9.17) is 0 Å². The lowest BCUT2D eigenvalue weighted by Gasteiger charge is -2.29. The minimum absolute atomic E-state index is 0.0564. The number of amides is 1. The largest absolute Gasteiger partial charge is 0.337 e. The molecule has 20 heavy (non-hydrogen) atoms. The van der Waals surface area contributed by atoms with Gasteiger partial charge in [0, 0.05) is 13.1 Å². The zero-order chi connectivity index (χ0) is 14.8. The number of aromatic nitrogens is 1. The molecule has 1 amide bonds. The molecular weight excluding hydrogens is 316 g/mol. The molecule has 1 aliphatic heterocycles. The number of carbonyl (C=O) groups excluding carboxylic acids is 1. The molecule has 3 nitrogen and oxygen atoms in total. The number of nitrogens with zero attached hydrogens (tertiary/aromatic N) is 2. The summed E-state index contributed by atoms with van der Waals surface area (Å²) in [6.45, 7) is 8.58. The summed E-state index contributed by atoms with van der Waals surface area (Å²) >= 11 is 3.32. The first-order chi connectivity index (χ1) is 9.38. The second-order valence-electron chi connectivity index (χ2n) is 6.63. The van der Waals surface area contributed by atoms with Crippen molar-refractivity contribution in [2.45, 2.75) is 40.0 Å². The van der Waals surface area contributed by atoms with Gasteiger partial charge in [0.2, 0.25) is 0 Å². The molecule has 2 heterocycles. The van der Waals surface area contributed by atoms with Crippen molar-refractivity contribution in [2.75, 3.05) is 13.1 Å². The Morgan fingerprint density at radius 1 is 1.30 bits per heavy atom. The van der Waals surface area contributed by atoms with Gasteiger partial charge in [-0.05, 0) is 58.7 Å². The molecule has 0 aliphatic carbocycles. The Morgan fingerprint density at radius 3 is 2.70 bits per heavy atom. The van der Waals surface area contributed by atoms with Crippen LogP contribution in [0.25, 0.3) is 0 Å². The van der Waals surface area contributed by atoms with Gasteiger partial charge in [0.05, 0.1) is 0 Å². The molecule has 2 rings (SSSR count). The maximum Gasteiger partial charge on any atom is 0.272 e. The van der Waals surface area contributed by atoms with E-state index >= 15 is 0 Å². The molecule has 0 bridgehead atoms. The van der Waals surface area contributed by atoms with E-state index < -0.39 is 0 Å². The van der Waals surface area contributed by atoms with Crippen molar-refractivity contribution in [3.05, 3.63) is 28.5 Å². The normalized spacial score (nSPS) is 20.6. The Morgan fingerprint density at radius 2 is 2.05 bits per heavy atom. The quantitative estimate of drug-likeness (QED) is 0.721. The van der Waals surface area contributed by atoms with Gasteiger partial charge in [-0.2, -0.15) is 0 Å². The molecule has 1 aliphatic rings. The van der Waals surface area contributed by atoms with Crippen LogP contribution in [0.3, 0.4) is 0 Å². The van der Waals surface area contributed by atoms with Crippen LogP contribution in [0, 0.1) is 11.3 Å². The van der Waals surface area contributed by atoms with Gasteiger partial charge in [0.25, 0.3) is 5.91 Å². The fourth-order valence-electron chi connectivity index (χ4n) is 2.85. The van der Waals surface area contributed by atoms with Crippen LogP contribution < -0.4 is 0 Å². The van der Waals surface area contributed by atoms with Gasteiger partial charge in [-0.25, -0.2) is 4.98 Å². The summed E-state index contributed by atoms with van der Waals surface area (Å²) in [4.78, 5) is 18.7. The fraction of sp³-hybridized carbons (Fsp3) is 0.625. The van der Waals surface area contributed by atoms with Crippen LogP contribution in [-0.2, 0) is 0 Å². The van der Waals surface area contributed by atoms with Gasteiger partial charge in [0.1, 0.15) is 10.3 Å². The molecule has 0 radical (unpaired) electrons. The molecule has 1 saturated heterocycles. The van der Waals surface area contributed by atoms with Crippen molar-refractivity contribution < 1.29 is 4.79 Å². The number of likely N-dealkylation sites (tertiary alicyclic amines) is 1. The molecule has 1 atom stereocenters. The van der Waals surface area contributed by atoms with E-state index in [0.717, 1.165) is 25.9 Å². The van der Waals surface area contributed by atoms with Crippen LogP contribution in [0.1, 0.15) is 50.5 Å². The molecule has 0 spiro atoms. The van der Waals surface area contributed by atoms with Crippen LogP contribution in [-0.4, -0.2) is 28.9 Å². The Kier molecular flexibility index (Phi) is 4.84. The second-order valence-corrected chi connectivity index (χ2v) is 7.44. The zero-order valence-electron chi connectivity index (χ0n) is 12.5. The topological polar surface area (TPSA) is 33.2 Å². The lowest BCUT2D eigenvalue weighted by molar-refractivity contribution is 0.0749. The Labute approximate surface area is 129 Å². The molecular formula is C16H23BrN2O. The number of hydrogen-bond donors (Lipinski definition) is 0. The molecule has 0 aromatic carbocycles. The van der Waals surface area contributed by atoms with Crippen LogP contribution in [0.5, 0.6) is 0 Å². The highest BCUT2D eigenvalue weighted by Gasteiger charge is 2.28. The molecule has 110 valence electrons. The number of carbonyl (C=O) groups is 1. The maximum absolute atomic E-state index is 12.5. The molecule has 0 saturated carbocycles. The SMILES string of the molecule is CC(C)(C)C1CCCN(C(=O)c2cccc(Br)n2)CC1. The van der Waals surface area contributed by atoms with E-state index in [9.17, 15) is 4.79 Å². The molecule has 4 heteroatoms. The first-order valence-corrected chi connectivity index (χ1v) is 8.09. The van der Waals surface area contributed by atoms with Crippen molar-refractivity contribution in [1.29, 1.82) is 0 Å². The maximum atomic E-state index is 12.5.